The molecule has 1 heterocycles. The van der Waals surface area contributed by atoms with E-state index in [1.807, 2.05) is 5.38 Å². The zero-order valence-corrected chi connectivity index (χ0v) is 16.6. The first-order valence-corrected chi connectivity index (χ1v) is 10.3. The van der Waals surface area contributed by atoms with E-state index in [1.54, 1.807) is 30.3 Å². The van der Waals surface area contributed by atoms with Gasteiger partial charge in [-0.1, -0.05) is 31.9 Å². The van der Waals surface area contributed by atoms with E-state index in [4.69, 9.17) is 4.74 Å². The Balaban J connectivity index is 1.51. The summed E-state index contributed by atoms with van der Waals surface area (Å²) in [7, 11) is 0. The highest BCUT2D eigenvalue weighted by Crippen LogP contribution is 2.23. The minimum absolute atomic E-state index is 0.149. The number of rotatable bonds is 6. The van der Waals surface area contributed by atoms with Crippen LogP contribution in [0.15, 0.2) is 41.8 Å². The number of anilines is 1. The Morgan fingerprint density at radius 2 is 1.96 bits per heavy atom. The molecule has 1 aromatic carbocycles. The minimum atomic E-state index is -0.598. The maximum absolute atomic E-state index is 12.3. The van der Waals surface area contributed by atoms with E-state index in [-0.39, 0.29) is 30.0 Å². The first-order valence-electron chi connectivity index (χ1n) is 9.44. The summed E-state index contributed by atoms with van der Waals surface area (Å²) >= 11 is 1.34. The van der Waals surface area contributed by atoms with Crippen molar-refractivity contribution in [3.8, 4) is 0 Å². The molecular formula is C21H24N2O4S. The monoisotopic (exact) mass is 400 g/mol. The maximum atomic E-state index is 12.3. The highest BCUT2D eigenvalue weighted by Gasteiger charge is 2.23. The average Bonchev–Trinajstić information content (AvgIpc) is 3.23. The number of thiophene rings is 1. The summed E-state index contributed by atoms with van der Waals surface area (Å²) in [5.41, 5.74) is 0.774. The van der Waals surface area contributed by atoms with Crippen molar-refractivity contribution >= 4 is 34.8 Å². The van der Waals surface area contributed by atoms with Gasteiger partial charge in [-0.25, -0.2) is 4.79 Å². The van der Waals surface area contributed by atoms with Crippen molar-refractivity contribution in [2.75, 3.05) is 11.9 Å². The molecule has 1 aromatic heterocycles. The maximum Gasteiger partial charge on any atom is 0.338 e. The van der Waals surface area contributed by atoms with Gasteiger partial charge in [-0.05, 0) is 48.4 Å². The third-order valence-electron chi connectivity index (χ3n) is 4.89. The lowest BCUT2D eigenvalue weighted by molar-refractivity contribution is -0.125. The first kappa shape index (κ1) is 20.1. The molecular weight excluding hydrogens is 376 g/mol. The van der Waals surface area contributed by atoms with Gasteiger partial charge in [0, 0.05) is 11.7 Å². The van der Waals surface area contributed by atoms with Crippen LogP contribution in [0.5, 0.6) is 0 Å². The molecule has 1 aliphatic carbocycles. The molecule has 2 unspecified atom stereocenters. The molecule has 28 heavy (non-hydrogen) atoms. The lowest BCUT2D eigenvalue weighted by Gasteiger charge is -2.29. The van der Waals surface area contributed by atoms with Crippen molar-refractivity contribution in [3.05, 3.63) is 52.2 Å². The molecule has 0 radical (unpaired) electrons. The Kier molecular flexibility index (Phi) is 6.81. The summed E-state index contributed by atoms with van der Waals surface area (Å²) in [4.78, 5) is 37.1. The highest BCUT2D eigenvalue weighted by molar-refractivity contribution is 7.12. The van der Waals surface area contributed by atoms with E-state index < -0.39 is 5.97 Å². The minimum Gasteiger partial charge on any atom is -0.452 e. The van der Waals surface area contributed by atoms with Crippen LogP contribution in [-0.4, -0.2) is 30.4 Å². The molecule has 0 spiro atoms. The molecule has 2 aromatic rings. The predicted molar refractivity (Wildman–Crippen MR) is 109 cm³/mol. The zero-order chi connectivity index (χ0) is 19.9. The smallest absolute Gasteiger partial charge is 0.338 e. The number of nitrogens with one attached hydrogen (secondary N) is 2. The zero-order valence-electron chi connectivity index (χ0n) is 15.8. The molecule has 3 rings (SSSR count). The van der Waals surface area contributed by atoms with Crippen LogP contribution in [-0.2, 0) is 9.53 Å². The molecule has 7 heteroatoms. The number of esters is 1. The van der Waals surface area contributed by atoms with Crippen molar-refractivity contribution in [1.29, 1.82) is 0 Å². The fourth-order valence-corrected chi connectivity index (χ4v) is 3.94. The quantitative estimate of drug-likeness (QED) is 0.722. The third-order valence-corrected chi connectivity index (χ3v) is 5.76. The Bertz CT molecular complexity index is 835. The highest BCUT2D eigenvalue weighted by atomic mass is 32.1. The van der Waals surface area contributed by atoms with Crippen LogP contribution in [0, 0.1) is 5.92 Å². The van der Waals surface area contributed by atoms with Gasteiger partial charge in [0.15, 0.2) is 6.61 Å². The number of amides is 2. The second kappa shape index (κ2) is 9.50. The van der Waals surface area contributed by atoms with Crippen LogP contribution < -0.4 is 10.6 Å². The topological polar surface area (TPSA) is 84.5 Å². The van der Waals surface area contributed by atoms with Crippen LogP contribution >= 0.6 is 11.3 Å². The molecule has 2 amide bonds. The number of hydrogen-bond donors (Lipinski definition) is 2. The van der Waals surface area contributed by atoms with E-state index in [0.717, 1.165) is 19.3 Å². The lowest BCUT2D eigenvalue weighted by Crippen LogP contribution is -2.42. The number of hydrogen-bond acceptors (Lipinski definition) is 5. The summed E-state index contributed by atoms with van der Waals surface area (Å²) in [6, 6.07) is 10.1. The first-order chi connectivity index (χ1) is 13.5. The van der Waals surface area contributed by atoms with Crippen LogP contribution in [0.25, 0.3) is 0 Å². The Labute approximate surface area is 168 Å². The number of carbonyl (C=O) groups excluding carboxylic acids is 3. The van der Waals surface area contributed by atoms with Gasteiger partial charge in [0.2, 0.25) is 0 Å². The molecule has 2 atom stereocenters. The molecule has 0 bridgehead atoms. The second-order valence-corrected chi connectivity index (χ2v) is 7.97. The van der Waals surface area contributed by atoms with Gasteiger partial charge in [0.1, 0.15) is 0 Å². The van der Waals surface area contributed by atoms with Crippen molar-refractivity contribution < 1.29 is 19.1 Å². The largest absolute Gasteiger partial charge is 0.452 e. The summed E-state index contributed by atoms with van der Waals surface area (Å²) in [6.07, 6.45) is 4.38. The van der Waals surface area contributed by atoms with Crippen LogP contribution in [0.4, 0.5) is 5.69 Å². The summed E-state index contributed by atoms with van der Waals surface area (Å²) in [6.45, 7) is 1.82. The van der Waals surface area contributed by atoms with Crippen molar-refractivity contribution in [3.63, 3.8) is 0 Å². The SMILES string of the molecule is CC1CCCCC1NC(=O)COC(=O)c1cccc(NC(=O)c2cccs2)c1. The average molecular weight is 401 g/mol. The van der Waals surface area contributed by atoms with Gasteiger partial charge in [-0.15, -0.1) is 11.3 Å². The number of ether oxygens (including phenoxy) is 1. The van der Waals surface area contributed by atoms with E-state index in [0.29, 0.717) is 16.5 Å². The fourth-order valence-electron chi connectivity index (χ4n) is 3.32. The molecule has 0 saturated heterocycles. The summed E-state index contributed by atoms with van der Waals surface area (Å²) < 4.78 is 5.14. The van der Waals surface area contributed by atoms with E-state index in [9.17, 15) is 14.4 Å². The Morgan fingerprint density at radius 1 is 1.14 bits per heavy atom. The van der Waals surface area contributed by atoms with Crippen molar-refractivity contribution in [2.45, 2.75) is 38.6 Å². The van der Waals surface area contributed by atoms with Gasteiger partial charge < -0.3 is 15.4 Å². The third kappa shape index (κ3) is 5.42. The second-order valence-electron chi connectivity index (χ2n) is 7.02. The van der Waals surface area contributed by atoms with E-state index in [1.165, 1.54) is 23.8 Å². The van der Waals surface area contributed by atoms with Crippen molar-refractivity contribution in [1.82, 2.24) is 5.32 Å². The van der Waals surface area contributed by atoms with Crippen molar-refractivity contribution in [2.24, 2.45) is 5.92 Å². The molecule has 1 aliphatic rings. The Morgan fingerprint density at radius 3 is 2.71 bits per heavy atom. The van der Waals surface area contributed by atoms with Crippen LogP contribution in [0.2, 0.25) is 0 Å². The molecule has 6 nitrogen and oxygen atoms in total. The van der Waals surface area contributed by atoms with Gasteiger partial charge in [-0.2, -0.15) is 0 Å². The van der Waals surface area contributed by atoms with Gasteiger partial charge in [-0.3, -0.25) is 9.59 Å². The normalized spacial score (nSPS) is 18.9. The molecule has 1 saturated carbocycles. The Hall–Kier alpha value is -2.67. The van der Waals surface area contributed by atoms with E-state index in [2.05, 4.69) is 17.6 Å². The number of benzene rings is 1. The number of carbonyl (C=O) groups is 3. The summed E-state index contributed by atoms with van der Waals surface area (Å²) in [5, 5.41) is 7.53. The van der Waals surface area contributed by atoms with Gasteiger partial charge in [0.25, 0.3) is 11.8 Å². The predicted octanol–water partition coefficient (Wildman–Crippen LogP) is 3.85. The van der Waals surface area contributed by atoms with Crippen LogP contribution in [0.3, 0.4) is 0 Å². The molecule has 1 fully saturated rings. The molecule has 148 valence electrons. The van der Waals surface area contributed by atoms with Crippen LogP contribution in [0.1, 0.15) is 52.6 Å². The van der Waals surface area contributed by atoms with Gasteiger partial charge >= 0.3 is 5.97 Å². The lowest BCUT2D eigenvalue weighted by atomic mass is 9.86. The summed E-state index contributed by atoms with van der Waals surface area (Å²) in [5.74, 6) is -0.674. The standard InChI is InChI=1S/C21H24N2O4S/c1-14-6-2-3-9-17(14)23-19(24)13-27-21(26)15-7-4-8-16(12-15)22-20(25)18-10-5-11-28-18/h4-5,7-8,10-12,14,17H,2-3,6,9,13H2,1H3,(H,22,25)(H,23,24). The fraction of sp³-hybridized carbons (Fsp3) is 0.381. The van der Waals surface area contributed by atoms with Gasteiger partial charge in [0.05, 0.1) is 10.4 Å². The van der Waals surface area contributed by atoms with E-state index >= 15 is 0 Å². The molecule has 2 N–H and O–H groups in total. The molecule has 0 aliphatic heterocycles.